The molecular formula is C24H19NO3. The number of aryl methyl sites for hydroxylation is 1. The van der Waals surface area contributed by atoms with E-state index in [9.17, 15) is 14.4 Å². The topological polar surface area (TPSA) is 63.2 Å². The summed E-state index contributed by atoms with van der Waals surface area (Å²) < 4.78 is 0. The predicted octanol–water partition coefficient (Wildman–Crippen LogP) is 4.14. The minimum atomic E-state index is -0.797. The number of ketones is 1. The van der Waals surface area contributed by atoms with Crippen molar-refractivity contribution < 1.29 is 14.4 Å². The number of carbonyl (C=O) groups excluding carboxylic acids is 3. The van der Waals surface area contributed by atoms with Crippen LogP contribution in [0.5, 0.6) is 0 Å². The van der Waals surface area contributed by atoms with Crippen molar-refractivity contribution in [2.24, 2.45) is 5.92 Å². The number of rotatable bonds is 5. The van der Waals surface area contributed by atoms with Gasteiger partial charge in [0.1, 0.15) is 11.7 Å². The Kier molecular flexibility index (Phi) is 3.86. The first-order valence-corrected chi connectivity index (χ1v) is 9.63. The zero-order valence-corrected chi connectivity index (χ0v) is 15.3. The lowest BCUT2D eigenvalue weighted by Crippen LogP contribution is -2.26. The van der Waals surface area contributed by atoms with E-state index >= 15 is 0 Å². The second-order valence-corrected chi connectivity index (χ2v) is 7.57. The average Bonchev–Trinajstić information content (AvgIpc) is 3.05. The zero-order chi connectivity index (χ0) is 19.3. The van der Waals surface area contributed by atoms with Crippen molar-refractivity contribution in [3.63, 3.8) is 0 Å². The Morgan fingerprint density at radius 2 is 1.57 bits per heavy atom. The first-order valence-electron chi connectivity index (χ1n) is 9.63. The van der Waals surface area contributed by atoms with Crippen LogP contribution in [0.1, 0.15) is 24.8 Å². The molecule has 0 bridgehead atoms. The fourth-order valence-corrected chi connectivity index (χ4v) is 4.45. The Bertz CT molecular complexity index is 1240. The molecule has 2 amide bonds. The van der Waals surface area contributed by atoms with Gasteiger partial charge in [-0.1, -0.05) is 54.6 Å². The van der Waals surface area contributed by atoms with E-state index < -0.39 is 11.8 Å². The Balaban J connectivity index is 1.43. The van der Waals surface area contributed by atoms with Gasteiger partial charge in [0, 0.05) is 12.8 Å². The number of hydrogen-bond donors (Lipinski definition) is 1. The molecule has 1 heterocycles. The van der Waals surface area contributed by atoms with E-state index in [4.69, 9.17) is 0 Å². The predicted molar refractivity (Wildman–Crippen MR) is 109 cm³/mol. The summed E-state index contributed by atoms with van der Waals surface area (Å²) in [5.41, 5.74) is 1.21. The molecule has 1 N–H and O–H groups in total. The van der Waals surface area contributed by atoms with Crippen LogP contribution >= 0.6 is 0 Å². The van der Waals surface area contributed by atoms with Crippen LogP contribution < -0.4 is 5.32 Å². The van der Waals surface area contributed by atoms with Gasteiger partial charge in [-0.25, -0.2) is 0 Å². The number of hydrogen-bond acceptors (Lipinski definition) is 3. The Morgan fingerprint density at radius 3 is 2.29 bits per heavy atom. The third-order valence-corrected chi connectivity index (χ3v) is 5.85. The summed E-state index contributed by atoms with van der Waals surface area (Å²) in [4.78, 5) is 35.3. The van der Waals surface area contributed by atoms with E-state index in [0.29, 0.717) is 12.8 Å². The number of nitrogens with one attached hydrogen (secondary N) is 1. The van der Waals surface area contributed by atoms with Crippen LogP contribution in [-0.2, 0) is 20.8 Å². The SMILES string of the molecule is O=C1CC(C(=O)CCCc2ccc3ccc4cccc5ccc2c3c45)C(=O)N1. The van der Waals surface area contributed by atoms with E-state index in [2.05, 4.69) is 59.9 Å². The molecule has 0 saturated carbocycles. The second kappa shape index (κ2) is 6.41. The highest BCUT2D eigenvalue weighted by molar-refractivity contribution is 6.23. The lowest BCUT2D eigenvalue weighted by molar-refractivity contribution is -0.131. The smallest absolute Gasteiger partial charge is 0.237 e. The molecule has 1 atom stereocenters. The molecule has 0 aliphatic carbocycles. The zero-order valence-electron chi connectivity index (χ0n) is 15.3. The first-order chi connectivity index (χ1) is 13.6. The number of Topliss-reactive ketones (excluding diaryl/α,β-unsaturated/α-hetero) is 1. The summed E-state index contributed by atoms with van der Waals surface area (Å²) in [6.45, 7) is 0. The minimum Gasteiger partial charge on any atom is -0.299 e. The first kappa shape index (κ1) is 16.9. The van der Waals surface area contributed by atoms with E-state index in [1.165, 1.54) is 37.9 Å². The van der Waals surface area contributed by atoms with E-state index in [0.717, 1.165) is 6.42 Å². The van der Waals surface area contributed by atoms with Crippen molar-refractivity contribution in [2.45, 2.75) is 25.7 Å². The van der Waals surface area contributed by atoms with Crippen molar-refractivity contribution in [2.75, 3.05) is 0 Å². The highest BCUT2D eigenvalue weighted by atomic mass is 16.2. The van der Waals surface area contributed by atoms with Gasteiger partial charge in [0.25, 0.3) is 0 Å². The Morgan fingerprint density at radius 1 is 0.893 bits per heavy atom. The quantitative estimate of drug-likeness (QED) is 0.327. The van der Waals surface area contributed by atoms with Crippen LogP contribution in [0.4, 0.5) is 0 Å². The highest BCUT2D eigenvalue weighted by Gasteiger charge is 2.35. The van der Waals surface area contributed by atoms with Gasteiger partial charge in [0.15, 0.2) is 0 Å². The third-order valence-electron chi connectivity index (χ3n) is 5.85. The maximum atomic E-state index is 12.3. The highest BCUT2D eigenvalue weighted by Crippen LogP contribution is 2.36. The summed E-state index contributed by atoms with van der Waals surface area (Å²) in [5.74, 6) is -1.73. The number of imide groups is 1. The summed E-state index contributed by atoms with van der Waals surface area (Å²) in [5, 5.41) is 9.70. The molecule has 0 radical (unpaired) electrons. The maximum absolute atomic E-state index is 12.3. The van der Waals surface area contributed by atoms with Gasteiger partial charge in [-0.2, -0.15) is 0 Å². The van der Waals surface area contributed by atoms with Crippen molar-refractivity contribution >= 4 is 49.9 Å². The van der Waals surface area contributed by atoms with Gasteiger partial charge < -0.3 is 0 Å². The largest absolute Gasteiger partial charge is 0.299 e. The lowest BCUT2D eigenvalue weighted by Gasteiger charge is -2.14. The van der Waals surface area contributed by atoms with Gasteiger partial charge in [-0.15, -0.1) is 0 Å². The molecule has 4 heteroatoms. The lowest BCUT2D eigenvalue weighted by atomic mass is 9.90. The van der Waals surface area contributed by atoms with Crippen molar-refractivity contribution in [1.29, 1.82) is 0 Å². The molecule has 1 unspecified atom stereocenters. The molecule has 28 heavy (non-hydrogen) atoms. The van der Waals surface area contributed by atoms with Crippen molar-refractivity contribution in [3.05, 3.63) is 60.2 Å². The minimum absolute atomic E-state index is 0.00358. The molecule has 1 saturated heterocycles. The molecule has 4 aromatic rings. The normalized spacial score (nSPS) is 17.1. The number of carbonyl (C=O) groups is 3. The fraction of sp³-hybridized carbons (Fsp3) is 0.208. The molecule has 1 fully saturated rings. The van der Waals surface area contributed by atoms with Crippen molar-refractivity contribution in [3.8, 4) is 0 Å². The number of benzene rings is 4. The van der Waals surface area contributed by atoms with Gasteiger partial charge in [0.05, 0.1) is 0 Å². The van der Waals surface area contributed by atoms with Gasteiger partial charge in [0.2, 0.25) is 11.8 Å². The molecule has 138 valence electrons. The fourth-order valence-electron chi connectivity index (χ4n) is 4.45. The molecule has 4 aromatic carbocycles. The Hall–Kier alpha value is -3.27. The van der Waals surface area contributed by atoms with Gasteiger partial charge in [-0.05, 0) is 50.7 Å². The summed E-state index contributed by atoms with van der Waals surface area (Å²) in [6, 6.07) is 19.3. The number of amides is 2. The van der Waals surface area contributed by atoms with Crippen LogP contribution in [0.15, 0.2) is 54.6 Å². The molecule has 0 aromatic heterocycles. The van der Waals surface area contributed by atoms with Crippen molar-refractivity contribution in [1.82, 2.24) is 5.32 Å². The third kappa shape index (κ3) is 2.64. The monoisotopic (exact) mass is 369 g/mol. The standard InChI is InChI=1S/C24H19NO3/c26-20(19-13-21(27)25-24(19)28)6-2-3-14-7-8-17-10-9-15-4-1-5-16-11-12-18(14)23(17)22(15)16/h1,4-5,7-12,19H,2-3,6,13H2,(H,25,27,28). The molecule has 1 aliphatic heterocycles. The van der Waals surface area contributed by atoms with Gasteiger partial charge >= 0.3 is 0 Å². The molecule has 0 spiro atoms. The van der Waals surface area contributed by atoms with Crippen LogP contribution in [-0.4, -0.2) is 17.6 Å². The summed E-state index contributed by atoms with van der Waals surface area (Å²) in [6.07, 6.45) is 1.74. The molecule has 1 aliphatic rings. The molecule has 4 nitrogen and oxygen atoms in total. The second-order valence-electron chi connectivity index (χ2n) is 7.57. The Labute approximate surface area is 161 Å². The van der Waals surface area contributed by atoms with E-state index in [1.54, 1.807) is 0 Å². The maximum Gasteiger partial charge on any atom is 0.237 e. The summed E-state index contributed by atoms with van der Waals surface area (Å²) >= 11 is 0. The summed E-state index contributed by atoms with van der Waals surface area (Å²) in [7, 11) is 0. The van der Waals surface area contributed by atoms with Crippen LogP contribution in [0.25, 0.3) is 32.3 Å². The van der Waals surface area contributed by atoms with Crippen LogP contribution in [0.3, 0.4) is 0 Å². The molecular weight excluding hydrogens is 350 g/mol. The van der Waals surface area contributed by atoms with Gasteiger partial charge in [-0.3, -0.25) is 19.7 Å². The van der Waals surface area contributed by atoms with E-state index in [-0.39, 0.29) is 18.1 Å². The average molecular weight is 369 g/mol. The van der Waals surface area contributed by atoms with Crippen LogP contribution in [0, 0.1) is 5.92 Å². The molecule has 5 rings (SSSR count). The van der Waals surface area contributed by atoms with Crippen LogP contribution in [0.2, 0.25) is 0 Å². The van der Waals surface area contributed by atoms with E-state index in [1.807, 2.05) is 0 Å².